The van der Waals surface area contributed by atoms with Gasteiger partial charge in [0.15, 0.2) is 0 Å². The molecule has 20 heavy (non-hydrogen) atoms. The highest BCUT2D eigenvalue weighted by atomic mass is 35.5. The van der Waals surface area contributed by atoms with E-state index in [2.05, 4.69) is 4.72 Å². The second-order valence-corrected chi connectivity index (χ2v) is 7.87. The fourth-order valence-corrected chi connectivity index (χ4v) is 5.11. The van der Waals surface area contributed by atoms with E-state index in [1.165, 1.54) is 0 Å². The van der Waals surface area contributed by atoms with Crippen molar-refractivity contribution in [2.75, 3.05) is 6.61 Å². The molecule has 3 atom stereocenters. The molecule has 1 aliphatic carbocycles. The molecule has 2 aliphatic rings. The smallest absolute Gasteiger partial charge is 0.217 e. The van der Waals surface area contributed by atoms with Gasteiger partial charge in [0.1, 0.15) is 5.25 Å². The maximum absolute atomic E-state index is 12.5. The Morgan fingerprint density at radius 2 is 2.15 bits per heavy atom. The summed E-state index contributed by atoms with van der Waals surface area (Å²) in [6, 6.07) is 5.52. The molecule has 0 saturated carbocycles. The van der Waals surface area contributed by atoms with Gasteiger partial charge in [-0.1, -0.05) is 17.7 Å². The first-order chi connectivity index (χ1) is 9.47. The van der Waals surface area contributed by atoms with Gasteiger partial charge in [-0.2, -0.15) is 0 Å². The molecule has 1 saturated heterocycles. The van der Waals surface area contributed by atoms with Gasteiger partial charge >= 0.3 is 0 Å². The minimum atomic E-state index is -3.35. The van der Waals surface area contributed by atoms with Crippen LogP contribution in [0.4, 0.5) is 0 Å². The monoisotopic (exact) mass is 315 g/mol. The molecule has 1 aromatic rings. The van der Waals surface area contributed by atoms with E-state index in [0.717, 1.165) is 24.0 Å². The van der Waals surface area contributed by atoms with Crippen molar-refractivity contribution in [1.29, 1.82) is 0 Å². The summed E-state index contributed by atoms with van der Waals surface area (Å²) in [7, 11) is -3.35. The normalized spacial score (nSPS) is 29.6. The molecule has 1 fully saturated rings. The third-order valence-electron chi connectivity index (χ3n) is 4.19. The van der Waals surface area contributed by atoms with Crippen molar-refractivity contribution in [3.63, 3.8) is 0 Å². The number of hydrogen-bond donors (Lipinski definition) is 1. The summed E-state index contributed by atoms with van der Waals surface area (Å²) in [5, 5.41) is 0.254. The number of ether oxygens (including phenoxy) is 1. The van der Waals surface area contributed by atoms with E-state index in [-0.39, 0.29) is 12.1 Å². The fraction of sp³-hybridized carbons (Fsp3) is 0.571. The van der Waals surface area contributed by atoms with Crippen LogP contribution in [-0.4, -0.2) is 26.4 Å². The zero-order valence-electron chi connectivity index (χ0n) is 11.3. The van der Waals surface area contributed by atoms with Gasteiger partial charge in [-0.3, -0.25) is 0 Å². The topological polar surface area (TPSA) is 55.4 Å². The molecule has 0 bridgehead atoms. The predicted molar refractivity (Wildman–Crippen MR) is 78.4 cm³/mol. The lowest BCUT2D eigenvalue weighted by Gasteiger charge is -2.20. The van der Waals surface area contributed by atoms with Crippen molar-refractivity contribution < 1.29 is 13.2 Å². The molecule has 3 rings (SSSR count). The van der Waals surface area contributed by atoms with Crippen LogP contribution in [-0.2, 0) is 21.2 Å². The first-order valence-corrected chi connectivity index (χ1v) is 8.81. The second kappa shape index (κ2) is 5.30. The third kappa shape index (κ3) is 2.60. The summed E-state index contributed by atoms with van der Waals surface area (Å²) in [6.45, 7) is 2.34. The molecular weight excluding hydrogens is 298 g/mol. The maximum Gasteiger partial charge on any atom is 0.217 e. The van der Waals surface area contributed by atoms with E-state index >= 15 is 0 Å². The molecule has 0 radical (unpaired) electrons. The van der Waals surface area contributed by atoms with E-state index in [0.29, 0.717) is 18.1 Å². The molecule has 1 heterocycles. The van der Waals surface area contributed by atoms with E-state index in [4.69, 9.17) is 16.3 Å². The summed E-state index contributed by atoms with van der Waals surface area (Å²) in [5.74, 6) is 0. The van der Waals surface area contributed by atoms with Gasteiger partial charge in [-0.15, -0.1) is 0 Å². The van der Waals surface area contributed by atoms with E-state index in [9.17, 15) is 8.42 Å². The van der Waals surface area contributed by atoms with Crippen LogP contribution in [0.2, 0.25) is 5.02 Å². The number of hydrogen-bond acceptors (Lipinski definition) is 3. The van der Waals surface area contributed by atoms with Gasteiger partial charge in [-0.05, 0) is 49.4 Å². The highest BCUT2D eigenvalue weighted by Gasteiger charge is 2.38. The zero-order valence-corrected chi connectivity index (χ0v) is 12.9. The minimum absolute atomic E-state index is 0.139. The SMILES string of the molecule is C[C@@H]1OCC[C@H]1S(=O)(=O)N[C@@H]1CCc2cc(Cl)ccc21. The minimum Gasteiger partial charge on any atom is -0.377 e. The van der Waals surface area contributed by atoms with Gasteiger partial charge in [0.25, 0.3) is 0 Å². The van der Waals surface area contributed by atoms with Crippen molar-refractivity contribution in [2.45, 2.75) is 43.6 Å². The number of rotatable bonds is 3. The Kier molecular flexibility index (Phi) is 3.79. The molecule has 0 aromatic heterocycles. The summed E-state index contributed by atoms with van der Waals surface area (Å²) in [5.41, 5.74) is 2.19. The van der Waals surface area contributed by atoms with Crippen LogP contribution in [0.25, 0.3) is 0 Å². The van der Waals surface area contributed by atoms with Crippen molar-refractivity contribution in [3.05, 3.63) is 34.3 Å². The molecule has 0 spiro atoms. The van der Waals surface area contributed by atoms with Crippen molar-refractivity contribution >= 4 is 21.6 Å². The molecule has 1 N–H and O–H groups in total. The van der Waals surface area contributed by atoms with E-state index in [1.54, 1.807) is 0 Å². The Hall–Kier alpha value is -0.620. The number of nitrogens with one attached hydrogen (secondary N) is 1. The Bertz CT molecular complexity index is 617. The maximum atomic E-state index is 12.5. The summed E-state index contributed by atoms with van der Waals surface area (Å²) >= 11 is 5.97. The molecule has 0 unspecified atom stereocenters. The van der Waals surface area contributed by atoms with Crippen molar-refractivity contribution in [1.82, 2.24) is 4.72 Å². The van der Waals surface area contributed by atoms with Crippen molar-refractivity contribution in [3.8, 4) is 0 Å². The van der Waals surface area contributed by atoms with Crippen LogP contribution in [0, 0.1) is 0 Å². The van der Waals surface area contributed by atoms with Gasteiger partial charge in [-0.25, -0.2) is 13.1 Å². The molecule has 4 nitrogen and oxygen atoms in total. The number of fused-ring (bicyclic) bond motifs is 1. The van der Waals surface area contributed by atoms with Crippen LogP contribution >= 0.6 is 11.6 Å². The third-order valence-corrected chi connectivity index (χ3v) is 6.46. The summed E-state index contributed by atoms with van der Waals surface area (Å²) in [4.78, 5) is 0. The average Bonchev–Trinajstić information content (AvgIpc) is 2.96. The van der Waals surface area contributed by atoms with Crippen LogP contribution in [0.3, 0.4) is 0 Å². The number of sulfonamides is 1. The summed E-state index contributed by atoms with van der Waals surface area (Å²) < 4.78 is 33.1. The van der Waals surface area contributed by atoms with Gasteiger partial charge in [0.05, 0.1) is 6.10 Å². The van der Waals surface area contributed by atoms with Crippen LogP contribution in [0.15, 0.2) is 18.2 Å². The fourth-order valence-electron chi connectivity index (χ4n) is 3.11. The summed E-state index contributed by atoms with van der Waals surface area (Å²) in [6.07, 6.45) is 1.98. The van der Waals surface area contributed by atoms with Crippen LogP contribution < -0.4 is 4.72 Å². The first-order valence-electron chi connectivity index (χ1n) is 6.88. The Morgan fingerprint density at radius 1 is 1.35 bits per heavy atom. The van der Waals surface area contributed by atoms with Gasteiger partial charge in [0.2, 0.25) is 10.0 Å². The molecule has 0 amide bonds. The lowest BCUT2D eigenvalue weighted by Crippen LogP contribution is -2.39. The standard InChI is InChI=1S/C14H18ClNO3S/c1-9-14(6-7-19-9)20(17,18)16-13-5-2-10-8-11(15)3-4-12(10)13/h3-4,8-9,13-14,16H,2,5-7H2,1H3/t9-,13+,14+/m0/s1. The molecular formula is C14H18ClNO3S. The second-order valence-electron chi connectivity index (χ2n) is 5.50. The number of halogens is 1. The number of aryl methyl sites for hydroxylation is 1. The van der Waals surface area contributed by atoms with E-state index in [1.807, 2.05) is 25.1 Å². The van der Waals surface area contributed by atoms with Crippen LogP contribution in [0.5, 0.6) is 0 Å². The quantitative estimate of drug-likeness (QED) is 0.932. The zero-order chi connectivity index (χ0) is 14.3. The van der Waals surface area contributed by atoms with Crippen molar-refractivity contribution in [2.24, 2.45) is 0 Å². The lowest BCUT2D eigenvalue weighted by atomic mass is 10.1. The Labute approximate surface area is 124 Å². The first kappa shape index (κ1) is 14.3. The van der Waals surface area contributed by atoms with Crippen LogP contribution in [0.1, 0.15) is 36.9 Å². The number of benzene rings is 1. The highest BCUT2D eigenvalue weighted by Crippen LogP contribution is 2.34. The highest BCUT2D eigenvalue weighted by molar-refractivity contribution is 7.90. The Balaban J connectivity index is 1.80. The Morgan fingerprint density at radius 3 is 2.85 bits per heavy atom. The molecule has 6 heteroatoms. The molecule has 1 aliphatic heterocycles. The van der Waals surface area contributed by atoms with Gasteiger partial charge < -0.3 is 4.74 Å². The molecule has 1 aromatic carbocycles. The average molecular weight is 316 g/mol. The van der Waals surface area contributed by atoms with E-state index < -0.39 is 15.3 Å². The molecule has 110 valence electrons. The largest absolute Gasteiger partial charge is 0.377 e. The lowest BCUT2D eigenvalue weighted by molar-refractivity contribution is 0.126. The van der Waals surface area contributed by atoms with Gasteiger partial charge in [0, 0.05) is 17.7 Å². The predicted octanol–water partition coefficient (Wildman–Crippen LogP) is 2.42.